The van der Waals surface area contributed by atoms with Gasteiger partial charge in [-0.25, -0.2) is 0 Å². The Morgan fingerprint density at radius 3 is 2.44 bits per heavy atom. The third kappa shape index (κ3) is 5.90. The summed E-state index contributed by atoms with van der Waals surface area (Å²) in [7, 11) is 0. The molecule has 1 unspecified atom stereocenters. The van der Waals surface area contributed by atoms with Gasteiger partial charge in [0.2, 0.25) is 5.91 Å². The fourth-order valence-electron chi connectivity index (χ4n) is 4.89. The monoisotopic (exact) mass is 522 g/mol. The molecule has 5 rings (SSSR count). The van der Waals surface area contributed by atoms with Gasteiger partial charge in [0.25, 0.3) is 5.91 Å². The number of aryl methyl sites for hydroxylation is 1. The Bertz CT molecular complexity index is 1470. The summed E-state index contributed by atoms with van der Waals surface area (Å²) < 4.78 is 11.9. The van der Waals surface area contributed by atoms with Crippen LogP contribution < -0.4 is 10.1 Å². The molecule has 0 spiro atoms. The van der Waals surface area contributed by atoms with Crippen LogP contribution in [0.15, 0.2) is 89.3 Å². The summed E-state index contributed by atoms with van der Waals surface area (Å²) in [6, 6.07) is 27.0. The van der Waals surface area contributed by atoms with Gasteiger partial charge in [-0.05, 0) is 66.4 Å². The predicted octanol–water partition coefficient (Wildman–Crippen LogP) is 6.94. The van der Waals surface area contributed by atoms with E-state index in [1.165, 1.54) is 5.56 Å². The molecule has 0 bridgehead atoms. The van der Waals surface area contributed by atoms with Crippen molar-refractivity contribution < 1.29 is 18.7 Å². The summed E-state index contributed by atoms with van der Waals surface area (Å²) in [5.41, 5.74) is 4.70. The van der Waals surface area contributed by atoms with Gasteiger partial charge in [0.1, 0.15) is 18.1 Å². The SMILES string of the molecule is Cc1ccc(NC(=O)c2ccc(COc3ccc4c(c3)C(c3ccccc3)N(C(=O)C(C)(C)C)CC4)o2)cc1. The maximum atomic E-state index is 13.4. The van der Waals surface area contributed by atoms with E-state index in [-0.39, 0.29) is 30.2 Å². The summed E-state index contributed by atoms with van der Waals surface area (Å²) in [6.45, 7) is 8.73. The first kappa shape index (κ1) is 26.3. The fourth-order valence-corrected chi connectivity index (χ4v) is 4.89. The minimum atomic E-state index is -0.485. The van der Waals surface area contributed by atoms with Gasteiger partial charge in [-0.2, -0.15) is 0 Å². The van der Waals surface area contributed by atoms with Crippen molar-refractivity contribution in [1.82, 2.24) is 4.90 Å². The molecule has 4 aromatic rings. The Kier molecular flexibility index (Phi) is 7.29. The van der Waals surface area contributed by atoms with Gasteiger partial charge in [-0.15, -0.1) is 0 Å². The molecule has 39 heavy (non-hydrogen) atoms. The van der Waals surface area contributed by atoms with Gasteiger partial charge in [-0.1, -0.05) is 74.9 Å². The molecular weight excluding hydrogens is 488 g/mol. The molecule has 1 N–H and O–H groups in total. The van der Waals surface area contributed by atoms with Crippen molar-refractivity contribution in [2.24, 2.45) is 5.41 Å². The second kappa shape index (κ2) is 10.8. The third-order valence-corrected chi connectivity index (χ3v) is 6.94. The first-order chi connectivity index (χ1) is 18.7. The first-order valence-corrected chi connectivity index (χ1v) is 13.3. The Hall–Kier alpha value is -4.32. The molecule has 6 nitrogen and oxygen atoms in total. The van der Waals surface area contributed by atoms with E-state index in [9.17, 15) is 9.59 Å². The number of carbonyl (C=O) groups excluding carboxylic acids is 2. The number of rotatable bonds is 6. The Balaban J connectivity index is 1.33. The highest BCUT2D eigenvalue weighted by Gasteiger charge is 2.37. The maximum absolute atomic E-state index is 13.4. The van der Waals surface area contributed by atoms with E-state index in [1.807, 2.05) is 87.2 Å². The van der Waals surface area contributed by atoms with Crippen LogP contribution in [0.4, 0.5) is 5.69 Å². The van der Waals surface area contributed by atoms with E-state index in [0.717, 1.165) is 23.1 Å². The van der Waals surface area contributed by atoms with Gasteiger partial charge >= 0.3 is 0 Å². The largest absolute Gasteiger partial charge is 0.486 e. The zero-order chi connectivity index (χ0) is 27.6. The van der Waals surface area contributed by atoms with Crippen molar-refractivity contribution >= 4 is 17.5 Å². The van der Waals surface area contributed by atoms with Crippen LogP contribution >= 0.6 is 0 Å². The van der Waals surface area contributed by atoms with E-state index in [0.29, 0.717) is 23.7 Å². The number of nitrogens with one attached hydrogen (secondary N) is 1. The summed E-state index contributed by atoms with van der Waals surface area (Å²) >= 11 is 0. The van der Waals surface area contributed by atoms with Crippen molar-refractivity contribution in [3.63, 3.8) is 0 Å². The number of ether oxygens (including phenoxy) is 1. The van der Waals surface area contributed by atoms with Crippen molar-refractivity contribution in [2.75, 3.05) is 11.9 Å². The second-order valence-electron chi connectivity index (χ2n) is 11.0. The molecule has 0 radical (unpaired) electrons. The average molecular weight is 523 g/mol. The average Bonchev–Trinajstić information content (AvgIpc) is 3.41. The number of carbonyl (C=O) groups is 2. The smallest absolute Gasteiger partial charge is 0.291 e. The summed E-state index contributed by atoms with van der Waals surface area (Å²) in [6.07, 6.45) is 0.790. The normalized spacial score (nSPS) is 15.0. The molecule has 2 heterocycles. The van der Waals surface area contributed by atoms with E-state index in [1.54, 1.807) is 12.1 Å². The number of amides is 2. The number of hydrogen-bond donors (Lipinski definition) is 1. The molecule has 0 fully saturated rings. The lowest BCUT2D eigenvalue weighted by molar-refractivity contribution is -0.141. The third-order valence-electron chi connectivity index (χ3n) is 6.94. The molecule has 1 aromatic heterocycles. The number of nitrogens with zero attached hydrogens (tertiary/aromatic N) is 1. The van der Waals surface area contributed by atoms with Gasteiger partial charge in [0.05, 0.1) is 6.04 Å². The number of hydrogen-bond acceptors (Lipinski definition) is 4. The van der Waals surface area contributed by atoms with Crippen LogP contribution in [0.3, 0.4) is 0 Å². The quantitative estimate of drug-likeness (QED) is 0.298. The van der Waals surface area contributed by atoms with Crippen molar-refractivity contribution in [3.05, 3.63) is 119 Å². The van der Waals surface area contributed by atoms with Crippen LogP contribution in [0.5, 0.6) is 5.75 Å². The summed E-state index contributed by atoms with van der Waals surface area (Å²) in [5, 5.41) is 2.85. The lowest BCUT2D eigenvalue weighted by Crippen LogP contribution is -2.45. The van der Waals surface area contributed by atoms with Crippen molar-refractivity contribution in [2.45, 2.75) is 46.8 Å². The summed E-state index contributed by atoms with van der Waals surface area (Å²) in [5.74, 6) is 1.27. The first-order valence-electron chi connectivity index (χ1n) is 13.3. The molecule has 6 heteroatoms. The molecule has 0 saturated heterocycles. The zero-order valence-corrected chi connectivity index (χ0v) is 22.9. The van der Waals surface area contributed by atoms with Gasteiger partial charge in [0, 0.05) is 17.6 Å². The van der Waals surface area contributed by atoms with E-state index >= 15 is 0 Å². The minimum absolute atomic E-state index is 0.125. The van der Waals surface area contributed by atoms with Crippen LogP contribution in [0.1, 0.15) is 65.4 Å². The van der Waals surface area contributed by atoms with Crippen LogP contribution in [0, 0.1) is 12.3 Å². The topological polar surface area (TPSA) is 71.8 Å². The van der Waals surface area contributed by atoms with Crippen LogP contribution in [0.25, 0.3) is 0 Å². The highest BCUT2D eigenvalue weighted by Crippen LogP contribution is 2.39. The Labute approximate surface area is 229 Å². The number of benzene rings is 3. The highest BCUT2D eigenvalue weighted by atomic mass is 16.5. The highest BCUT2D eigenvalue weighted by molar-refractivity contribution is 6.02. The fraction of sp³-hybridized carbons (Fsp3) is 0.273. The maximum Gasteiger partial charge on any atom is 0.291 e. The molecule has 3 aromatic carbocycles. The molecule has 200 valence electrons. The van der Waals surface area contributed by atoms with Gasteiger partial charge < -0.3 is 19.4 Å². The Morgan fingerprint density at radius 1 is 0.974 bits per heavy atom. The molecule has 1 atom stereocenters. The predicted molar refractivity (Wildman–Crippen MR) is 152 cm³/mol. The molecule has 0 aliphatic carbocycles. The Morgan fingerprint density at radius 2 is 1.72 bits per heavy atom. The zero-order valence-electron chi connectivity index (χ0n) is 22.9. The molecule has 2 amide bonds. The molecular formula is C33H34N2O4. The van der Waals surface area contributed by atoms with Gasteiger partial charge in [-0.3, -0.25) is 9.59 Å². The standard InChI is InChI=1S/C33H34N2O4/c1-22-10-13-25(14-11-22)34-31(36)29-17-16-27(39-29)21-38-26-15-12-23-18-19-35(32(37)33(2,3)4)30(28(23)20-26)24-8-6-5-7-9-24/h5-17,20,30H,18-19,21H2,1-4H3,(H,34,36). The molecule has 0 saturated carbocycles. The summed E-state index contributed by atoms with van der Waals surface area (Å²) in [4.78, 5) is 28.0. The van der Waals surface area contributed by atoms with Crippen molar-refractivity contribution in [1.29, 1.82) is 0 Å². The second-order valence-corrected chi connectivity index (χ2v) is 11.0. The lowest BCUT2D eigenvalue weighted by Gasteiger charge is -2.41. The van der Waals surface area contributed by atoms with Crippen molar-refractivity contribution in [3.8, 4) is 5.75 Å². The number of anilines is 1. The number of furan rings is 1. The van der Waals surface area contributed by atoms with E-state index in [2.05, 4.69) is 23.5 Å². The lowest BCUT2D eigenvalue weighted by atomic mass is 9.85. The molecule has 1 aliphatic rings. The van der Waals surface area contributed by atoms with Crippen LogP contribution in [-0.4, -0.2) is 23.3 Å². The number of fused-ring (bicyclic) bond motifs is 1. The molecule has 1 aliphatic heterocycles. The van der Waals surface area contributed by atoms with Gasteiger partial charge in [0.15, 0.2) is 5.76 Å². The van der Waals surface area contributed by atoms with E-state index < -0.39 is 5.41 Å². The minimum Gasteiger partial charge on any atom is -0.486 e. The van der Waals surface area contributed by atoms with Crippen LogP contribution in [-0.2, 0) is 17.8 Å². The van der Waals surface area contributed by atoms with Crippen LogP contribution in [0.2, 0.25) is 0 Å². The van der Waals surface area contributed by atoms with E-state index in [4.69, 9.17) is 9.15 Å².